The number of thioether (sulfide) groups is 1. The molecule has 0 saturated heterocycles. The Morgan fingerprint density at radius 3 is 2.60 bits per heavy atom. The normalized spacial score (nSPS) is 10.1. The van der Waals surface area contributed by atoms with Crippen LogP contribution in [0.5, 0.6) is 0 Å². The molecule has 0 unspecified atom stereocenters. The summed E-state index contributed by atoms with van der Waals surface area (Å²) in [6.07, 6.45) is 1.89. The van der Waals surface area contributed by atoms with Gasteiger partial charge in [0, 0.05) is 0 Å². The predicted molar refractivity (Wildman–Crippen MR) is 67.3 cm³/mol. The van der Waals surface area contributed by atoms with Crippen LogP contribution in [0.4, 0.5) is 11.4 Å². The van der Waals surface area contributed by atoms with Gasteiger partial charge in [-0.1, -0.05) is 0 Å². The van der Waals surface area contributed by atoms with Crippen LogP contribution >= 0.6 is 11.8 Å². The summed E-state index contributed by atoms with van der Waals surface area (Å²) in [5.41, 5.74) is 9.40. The van der Waals surface area contributed by atoms with E-state index in [0.717, 1.165) is 11.1 Å². The quantitative estimate of drug-likeness (QED) is 0.774. The van der Waals surface area contributed by atoms with Crippen LogP contribution in [0.25, 0.3) is 0 Å². The molecule has 0 aliphatic heterocycles. The lowest BCUT2D eigenvalue weighted by Gasteiger charge is -2.10. The maximum atomic E-state index is 11.4. The van der Waals surface area contributed by atoms with Crippen molar-refractivity contribution in [2.24, 2.45) is 0 Å². The molecule has 0 atom stereocenters. The summed E-state index contributed by atoms with van der Waals surface area (Å²) in [6.45, 7) is 4.00. The van der Waals surface area contributed by atoms with E-state index in [-0.39, 0.29) is 5.91 Å². The van der Waals surface area contributed by atoms with E-state index in [0.29, 0.717) is 17.1 Å². The Morgan fingerprint density at radius 2 is 2.00 bits per heavy atom. The van der Waals surface area contributed by atoms with Crippen molar-refractivity contribution in [3.05, 3.63) is 23.3 Å². The number of hydrogen-bond acceptors (Lipinski definition) is 3. The third kappa shape index (κ3) is 3.16. The van der Waals surface area contributed by atoms with Gasteiger partial charge >= 0.3 is 0 Å². The maximum Gasteiger partial charge on any atom is 0.234 e. The van der Waals surface area contributed by atoms with Gasteiger partial charge in [-0.15, -0.1) is 0 Å². The first-order valence-corrected chi connectivity index (χ1v) is 6.09. The number of rotatable bonds is 3. The molecule has 0 aromatic heterocycles. The topological polar surface area (TPSA) is 55.1 Å². The molecule has 82 valence electrons. The molecule has 0 radical (unpaired) electrons. The van der Waals surface area contributed by atoms with Crippen molar-refractivity contribution < 1.29 is 4.79 Å². The van der Waals surface area contributed by atoms with E-state index in [1.54, 1.807) is 0 Å². The fourth-order valence-electron chi connectivity index (χ4n) is 1.26. The second kappa shape index (κ2) is 5.07. The van der Waals surface area contributed by atoms with Crippen molar-refractivity contribution in [1.82, 2.24) is 0 Å². The summed E-state index contributed by atoms with van der Waals surface area (Å²) >= 11 is 1.49. The molecule has 1 amide bonds. The number of hydrogen-bond donors (Lipinski definition) is 2. The van der Waals surface area contributed by atoms with Gasteiger partial charge < -0.3 is 11.1 Å². The molecule has 3 N–H and O–H groups in total. The van der Waals surface area contributed by atoms with Crippen molar-refractivity contribution in [3.8, 4) is 0 Å². The fourth-order valence-corrected chi connectivity index (χ4v) is 1.60. The Bertz CT molecular complexity index is 377. The van der Waals surface area contributed by atoms with Crippen molar-refractivity contribution >= 4 is 29.0 Å². The minimum atomic E-state index is -0.0162. The van der Waals surface area contributed by atoms with E-state index in [1.165, 1.54) is 11.8 Å². The van der Waals surface area contributed by atoms with Gasteiger partial charge in [0.15, 0.2) is 0 Å². The Labute approximate surface area is 94.4 Å². The van der Waals surface area contributed by atoms with Gasteiger partial charge in [0.2, 0.25) is 5.91 Å². The zero-order valence-corrected chi connectivity index (χ0v) is 10.1. The van der Waals surface area contributed by atoms with E-state index in [4.69, 9.17) is 5.73 Å². The van der Waals surface area contributed by atoms with E-state index in [2.05, 4.69) is 5.32 Å². The lowest BCUT2D eigenvalue weighted by molar-refractivity contribution is -0.113. The molecule has 4 heteroatoms. The van der Waals surface area contributed by atoms with Crippen LogP contribution < -0.4 is 11.1 Å². The van der Waals surface area contributed by atoms with E-state index in [9.17, 15) is 4.79 Å². The lowest BCUT2D eigenvalue weighted by atomic mass is 10.1. The van der Waals surface area contributed by atoms with Crippen LogP contribution in [0, 0.1) is 13.8 Å². The smallest absolute Gasteiger partial charge is 0.234 e. The first-order valence-electron chi connectivity index (χ1n) is 4.70. The summed E-state index contributed by atoms with van der Waals surface area (Å²) < 4.78 is 0. The van der Waals surface area contributed by atoms with Gasteiger partial charge in [-0.3, -0.25) is 4.79 Å². The average molecular weight is 224 g/mol. The monoisotopic (exact) mass is 224 g/mol. The molecular weight excluding hydrogens is 208 g/mol. The molecule has 1 rings (SSSR count). The van der Waals surface area contributed by atoms with Gasteiger partial charge in [0.05, 0.1) is 17.1 Å². The standard InChI is InChI=1S/C11H16N2OS/c1-7-4-9(12)10(5-8(7)2)13-11(14)6-15-3/h4-5H,6,12H2,1-3H3,(H,13,14). The number of nitrogen functional groups attached to an aromatic ring is 1. The van der Waals surface area contributed by atoms with Crippen molar-refractivity contribution in [1.29, 1.82) is 0 Å². The molecule has 1 aromatic rings. The average Bonchev–Trinajstić information content (AvgIpc) is 2.14. The Balaban J connectivity index is 2.86. The van der Waals surface area contributed by atoms with E-state index in [1.807, 2.05) is 32.2 Å². The highest BCUT2D eigenvalue weighted by Gasteiger charge is 2.06. The second-order valence-electron chi connectivity index (χ2n) is 3.50. The zero-order chi connectivity index (χ0) is 11.4. The third-order valence-corrected chi connectivity index (χ3v) is 2.77. The largest absolute Gasteiger partial charge is 0.397 e. The number of aryl methyl sites for hydroxylation is 2. The molecule has 1 aromatic carbocycles. The van der Waals surface area contributed by atoms with Gasteiger partial charge in [0.25, 0.3) is 0 Å². The second-order valence-corrected chi connectivity index (χ2v) is 4.37. The fraction of sp³-hybridized carbons (Fsp3) is 0.364. The van der Waals surface area contributed by atoms with Crippen molar-refractivity contribution in [2.45, 2.75) is 13.8 Å². The number of nitrogens with one attached hydrogen (secondary N) is 1. The lowest BCUT2D eigenvalue weighted by Crippen LogP contribution is -2.15. The summed E-state index contributed by atoms with van der Waals surface area (Å²) in [4.78, 5) is 11.4. The molecule has 0 aliphatic rings. The first-order chi connectivity index (χ1) is 7.04. The highest BCUT2D eigenvalue weighted by Crippen LogP contribution is 2.22. The molecule has 15 heavy (non-hydrogen) atoms. The molecule has 3 nitrogen and oxygen atoms in total. The van der Waals surface area contributed by atoms with Crippen LogP contribution in [-0.2, 0) is 4.79 Å². The molecule has 0 fully saturated rings. The van der Waals surface area contributed by atoms with Gasteiger partial charge in [-0.25, -0.2) is 0 Å². The number of nitrogens with two attached hydrogens (primary N) is 1. The van der Waals surface area contributed by atoms with Crippen LogP contribution in [-0.4, -0.2) is 17.9 Å². The van der Waals surface area contributed by atoms with Gasteiger partial charge in [-0.2, -0.15) is 11.8 Å². The number of amides is 1. The molecule has 0 heterocycles. The zero-order valence-electron chi connectivity index (χ0n) is 9.26. The number of carbonyl (C=O) groups excluding carboxylic acids is 1. The minimum Gasteiger partial charge on any atom is -0.397 e. The van der Waals surface area contributed by atoms with Gasteiger partial charge in [0.1, 0.15) is 0 Å². The van der Waals surface area contributed by atoms with Crippen LogP contribution in [0.2, 0.25) is 0 Å². The SMILES string of the molecule is CSCC(=O)Nc1cc(C)c(C)cc1N. The highest BCUT2D eigenvalue weighted by atomic mass is 32.2. The Kier molecular flexibility index (Phi) is 4.03. The Hall–Kier alpha value is -1.16. The van der Waals surface area contributed by atoms with E-state index >= 15 is 0 Å². The first kappa shape index (κ1) is 11.9. The van der Waals surface area contributed by atoms with E-state index < -0.39 is 0 Å². The van der Waals surface area contributed by atoms with Crippen LogP contribution in [0.1, 0.15) is 11.1 Å². The summed E-state index contributed by atoms with van der Waals surface area (Å²) in [7, 11) is 0. The summed E-state index contributed by atoms with van der Waals surface area (Å²) in [5, 5.41) is 2.79. The van der Waals surface area contributed by atoms with Crippen LogP contribution in [0.15, 0.2) is 12.1 Å². The molecule has 0 bridgehead atoms. The van der Waals surface area contributed by atoms with Gasteiger partial charge in [-0.05, 0) is 43.4 Å². The predicted octanol–water partition coefficient (Wildman–Crippen LogP) is 2.19. The highest BCUT2D eigenvalue weighted by molar-refractivity contribution is 7.99. The van der Waals surface area contributed by atoms with Crippen molar-refractivity contribution in [2.75, 3.05) is 23.1 Å². The molecule has 0 spiro atoms. The Morgan fingerprint density at radius 1 is 1.40 bits per heavy atom. The summed E-state index contributed by atoms with van der Waals surface area (Å²) in [6, 6.07) is 3.78. The number of carbonyl (C=O) groups is 1. The molecule has 0 aliphatic carbocycles. The maximum absolute atomic E-state index is 11.4. The third-order valence-electron chi connectivity index (χ3n) is 2.22. The summed E-state index contributed by atoms with van der Waals surface area (Å²) in [5.74, 6) is 0.435. The van der Waals surface area contributed by atoms with Crippen molar-refractivity contribution in [3.63, 3.8) is 0 Å². The van der Waals surface area contributed by atoms with Crippen LogP contribution in [0.3, 0.4) is 0 Å². The molecule has 0 saturated carbocycles. The number of benzene rings is 1. The number of anilines is 2. The molecular formula is C11H16N2OS. The minimum absolute atomic E-state index is 0.0162.